The number of hydrogen-bond acceptors (Lipinski definition) is 4. The zero-order valence-corrected chi connectivity index (χ0v) is 10.8. The quantitative estimate of drug-likeness (QED) is 0.845. The van der Waals surface area contributed by atoms with E-state index in [9.17, 15) is 14.4 Å². The number of Topliss-reactive ketones (excluding diaryl/α,β-unsaturated/α-hetero) is 1. The zero-order chi connectivity index (χ0) is 14.8. The molecule has 1 aliphatic heterocycles. The molecule has 6 heteroatoms. The minimum Gasteiger partial charge on any atom is -0.329 e. The molecule has 0 amide bonds. The number of hydrogen-bond donors (Lipinski definition) is 2. The second kappa shape index (κ2) is 5.16. The van der Waals surface area contributed by atoms with Crippen LogP contribution in [0.5, 0.6) is 0 Å². The number of pyridine rings is 2. The summed E-state index contributed by atoms with van der Waals surface area (Å²) in [6.45, 7) is 0. The van der Waals surface area contributed by atoms with Crippen LogP contribution in [0.15, 0.2) is 51.1 Å². The van der Waals surface area contributed by atoms with Crippen molar-refractivity contribution in [2.75, 3.05) is 0 Å². The molecule has 2 N–H and O–H groups in total. The highest BCUT2D eigenvalue weighted by atomic mass is 16.1. The van der Waals surface area contributed by atoms with Gasteiger partial charge in [0.15, 0.2) is 5.78 Å². The standard InChI is InChI=1S/C15H10N3O3/c19-13-3-1-2-12(18-13)11-8-16-7-10(15(11)21)9-4-5-17-14(20)6-9/h1-7,10H,(H,17,20)(H,18,19). The minimum atomic E-state index is -0.660. The number of rotatable bonds is 2. The van der Waals surface area contributed by atoms with Gasteiger partial charge in [0.05, 0.1) is 17.2 Å². The molecule has 1 atom stereocenters. The van der Waals surface area contributed by atoms with Crippen molar-refractivity contribution < 1.29 is 4.79 Å². The molecule has 0 aromatic carbocycles. The Labute approximate surface area is 118 Å². The molecular formula is C15H10N3O3. The van der Waals surface area contributed by atoms with Crippen molar-refractivity contribution >= 4 is 17.6 Å². The fourth-order valence-corrected chi connectivity index (χ4v) is 2.13. The van der Waals surface area contributed by atoms with E-state index in [0.29, 0.717) is 11.3 Å². The molecule has 3 heterocycles. The summed E-state index contributed by atoms with van der Waals surface area (Å²) in [5, 5.41) is 0. The average molecular weight is 280 g/mol. The Morgan fingerprint density at radius 3 is 2.71 bits per heavy atom. The molecular weight excluding hydrogens is 270 g/mol. The van der Waals surface area contributed by atoms with Gasteiger partial charge in [0.1, 0.15) is 6.20 Å². The van der Waals surface area contributed by atoms with E-state index in [4.69, 9.17) is 0 Å². The van der Waals surface area contributed by atoms with Crippen LogP contribution in [0.1, 0.15) is 17.2 Å². The Morgan fingerprint density at radius 2 is 1.95 bits per heavy atom. The van der Waals surface area contributed by atoms with Gasteiger partial charge < -0.3 is 9.97 Å². The summed E-state index contributed by atoms with van der Waals surface area (Å²) < 4.78 is 0. The van der Waals surface area contributed by atoms with Gasteiger partial charge in [-0.15, -0.1) is 0 Å². The van der Waals surface area contributed by atoms with E-state index in [1.54, 1.807) is 18.2 Å². The Morgan fingerprint density at radius 1 is 1.10 bits per heavy atom. The van der Waals surface area contributed by atoms with Crippen LogP contribution >= 0.6 is 0 Å². The van der Waals surface area contributed by atoms with E-state index in [2.05, 4.69) is 21.2 Å². The Bertz CT molecular complexity index is 874. The van der Waals surface area contributed by atoms with Crippen LogP contribution in [-0.4, -0.2) is 22.0 Å². The van der Waals surface area contributed by atoms with E-state index >= 15 is 0 Å². The molecule has 2 aromatic heterocycles. The largest absolute Gasteiger partial charge is 0.329 e. The number of aliphatic imine (C=N–C) groups is 1. The van der Waals surface area contributed by atoms with E-state index in [1.807, 2.05) is 0 Å². The summed E-state index contributed by atoms with van der Waals surface area (Å²) in [6, 6.07) is 7.51. The molecule has 0 aliphatic carbocycles. The first-order valence-electron chi connectivity index (χ1n) is 6.24. The molecule has 6 nitrogen and oxygen atoms in total. The van der Waals surface area contributed by atoms with Crippen molar-refractivity contribution in [1.29, 1.82) is 0 Å². The third-order valence-corrected chi connectivity index (χ3v) is 3.12. The van der Waals surface area contributed by atoms with E-state index in [1.165, 1.54) is 24.5 Å². The van der Waals surface area contributed by atoms with E-state index in [0.717, 1.165) is 0 Å². The molecule has 1 radical (unpaired) electrons. The molecule has 0 bridgehead atoms. The highest BCUT2D eigenvalue weighted by molar-refractivity contribution is 6.28. The molecule has 3 rings (SSSR count). The fraction of sp³-hybridized carbons (Fsp3) is 0.0667. The summed E-state index contributed by atoms with van der Waals surface area (Å²) in [7, 11) is 0. The highest BCUT2D eigenvalue weighted by Crippen LogP contribution is 2.25. The summed E-state index contributed by atoms with van der Waals surface area (Å²) in [5.74, 6) is -0.926. The summed E-state index contributed by atoms with van der Waals surface area (Å²) in [5.41, 5.74) is 0.503. The van der Waals surface area contributed by atoms with Gasteiger partial charge in [0.25, 0.3) is 0 Å². The first-order chi connectivity index (χ1) is 10.1. The Balaban J connectivity index is 2.01. The number of aromatic nitrogens is 2. The predicted molar refractivity (Wildman–Crippen MR) is 77.0 cm³/mol. The molecule has 21 heavy (non-hydrogen) atoms. The second-order valence-electron chi connectivity index (χ2n) is 4.52. The Hall–Kier alpha value is -3.02. The molecule has 0 saturated carbocycles. The maximum atomic E-state index is 12.5. The number of ketones is 1. The van der Waals surface area contributed by atoms with Gasteiger partial charge in [-0.1, -0.05) is 6.07 Å². The predicted octanol–water partition coefficient (Wildman–Crippen LogP) is 0.645. The molecule has 0 fully saturated rings. The van der Waals surface area contributed by atoms with Crippen LogP contribution in [0.4, 0.5) is 0 Å². The molecule has 103 valence electrons. The van der Waals surface area contributed by atoms with Gasteiger partial charge in [-0.2, -0.15) is 0 Å². The Kier molecular flexibility index (Phi) is 3.19. The SMILES string of the molecule is O=C1C(c2cccc(=O)[nH]2)=[C]N=CC1c1cc[nH]c(=O)c1. The summed E-state index contributed by atoms with van der Waals surface area (Å²) >= 11 is 0. The minimum absolute atomic E-state index is 0.195. The lowest BCUT2D eigenvalue weighted by atomic mass is 9.89. The van der Waals surface area contributed by atoms with Crippen molar-refractivity contribution in [1.82, 2.24) is 9.97 Å². The molecule has 1 aliphatic rings. The fourth-order valence-electron chi connectivity index (χ4n) is 2.13. The van der Waals surface area contributed by atoms with Crippen molar-refractivity contribution in [3.05, 3.63) is 74.7 Å². The maximum Gasteiger partial charge on any atom is 0.248 e. The summed E-state index contributed by atoms with van der Waals surface area (Å²) in [6.07, 6.45) is 5.52. The van der Waals surface area contributed by atoms with Gasteiger partial charge in [-0.3, -0.25) is 19.4 Å². The lowest BCUT2D eigenvalue weighted by Crippen LogP contribution is -2.21. The zero-order valence-electron chi connectivity index (χ0n) is 10.8. The van der Waals surface area contributed by atoms with Crippen LogP contribution in [0.3, 0.4) is 0 Å². The number of allylic oxidation sites excluding steroid dienone is 1. The smallest absolute Gasteiger partial charge is 0.248 e. The van der Waals surface area contributed by atoms with E-state index < -0.39 is 5.92 Å². The third-order valence-electron chi connectivity index (χ3n) is 3.12. The van der Waals surface area contributed by atoms with Crippen LogP contribution in [0.25, 0.3) is 5.57 Å². The molecule has 2 aromatic rings. The van der Waals surface area contributed by atoms with Crippen molar-refractivity contribution in [3.63, 3.8) is 0 Å². The van der Waals surface area contributed by atoms with Crippen LogP contribution in [0, 0.1) is 6.20 Å². The number of carbonyl (C=O) groups is 1. The van der Waals surface area contributed by atoms with Crippen molar-refractivity contribution in [2.24, 2.45) is 4.99 Å². The summed E-state index contributed by atoms with van der Waals surface area (Å²) in [4.78, 5) is 44.2. The van der Waals surface area contributed by atoms with E-state index in [-0.39, 0.29) is 22.5 Å². The normalized spacial score (nSPS) is 17.6. The van der Waals surface area contributed by atoms with Gasteiger partial charge in [-0.25, -0.2) is 0 Å². The van der Waals surface area contributed by atoms with Gasteiger partial charge in [-0.05, 0) is 17.7 Å². The van der Waals surface area contributed by atoms with Crippen LogP contribution in [0.2, 0.25) is 0 Å². The van der Waals surface area contributed by atoms with Crippen molar-refractivity contribution in [3.8, 4) is 0 Å². The topological polar surface area (TPSA) is 95.2 Å². The van der Waals surface area contributed by atoms with Gasteiger partial charge in [0.2, 0.25) is 11.1 Å². The first kappa shape index (κ1) is 13.0. The average Bonchev–Trinajstić information content (AvgIpc) is 2.47. The van der Waals surface area contributed by atoms with Gasteiger partial charge >= 0.3 is 0 Å². The molecule has 1 unspecified atom stereocenters. The highest BCUT2D eigenvalue weighted by Gasteiger charge is 2.26. The van der Waals surface area contributed by atoms with Gasteiger partial charge in [0, 0.05) is 24.5 Å². The van der Waals surface area contributed by atoms with Crippen LogP contribution in [-0.2, 0) is 4.79 Å². The third kappa shape index (κ3) is 2.51. The molecule has 0 spiro atoms. The number of aromatic amines is 2. The molecule has 0 saturated heterocycles. The first-order valence-corrected chi connectivity index (χ1v) is 6.24. The lowest BCUT2D eigenvalue weighted by Gasteiger charge is -2.16. The number of nitrogens with zero attached hydrogens (tertiary/aromatic N) is 1. The van der Waals surface area contributed by atoms with Crippen molar-refractivity contribution in [2.45, 2.75) is 5.92 Å². The number of carbonyl (C=O) groups excluding carboxylic acids is 1. The lowest BCUT2D eigenvalue weighted by molar-refractivity contribution is -0.113. The second-order valence-corrected chi connectivity index (χ2v) is 4.52. The number of H-pyrrole nitrogens is 2. The monoisotopic (exact) mass is 280 g/mol. The van der Waals surface area contributed by atoms with Crippen LogP contribution < -0.4 is 11.1 Å². The number of nitrogens with one attached hydrogen (secondary N) is 2. The maximum absolute atomic E-state index is 12.5.